The highest BCUT2D eigenvalue weighted by atomic mass is 32.1. The molecule has 0 fully saturated rings. The Bertz CT molecular complexity index is 1130. The van der Waals surface area contributed by atoms with Gasteiger partial charge in [0.2, 0.25) is 5.78 Å². The molecule has 0 saturated heterocycles. The lowest BCUT2D eigenvalue weighted by molar-refractivity contribution is -0.191. The first-order valence-corrected chi connectivity index (χ1v) is 8.96. The number of rotatable bonds is 3. The third kappa shape index (κ3) is 2.96. The van der Waals surface area contributed by atoms with E-state index in [-0.39, 0.29) is 11.9 Å². The predicted molar refractivity (Wildman–Crippen MR) is 100 cm³/mol. The van der Waals surface area contributed by atoms with Crippen molar-refractivity contribution < 1.29 is 14.4 Å². The molecule has 0 N–H and O–H groups in total. The lowest BCUT2D eigenvalue weighted by Crippen LogP contribution is -2.07. The zero-order valence-electron chi connectivity index (χ0n) is 14.4. The molecule has 0 aliphatic carbocycles. The van der Waals surface area contributed by atoms with Gasteiger partial charge in [0.1, 0.15) is 10.5 Å². The number of thiophene rings is 1. The molecular formula is C20H16N2O3S. The van der Waals surface area contributed by atoms with Crippen molar-refractivity contribution in [2.45, 2.75) is 20.4 Å². The van der Waals surface area contributed by atoms with E-state index in [9.17, 15) is 4.79 Å². The third-order valence-electron chi connectivity index (χ3n) is 4.30. The van der Waals surface area contributed by atoms with Crippen LogP contribution in [0.25, 0.3) is 21.1 Å². The molecule has 1 aromatic carbocycles. The van der Waals surface area contributed by atoms with Gasteiger partial charge in [0.15, 0.2) is 0 Å². The van der Waals surface area contributed by atoms with Gasteiger partial charge in [-0.25, -0.2) is 4.98 Å². The molecule has 3 heterocycles. The second kappa shape index (κ2) is 7.44. The van der Waals surface area contributed by atoms with E-state index < -0.39 is 0 Å². The highest BCUT2D eigenvalue weighted by Gasteiger charge is 2.22. The lowest BCUT2D eigenvalue weighted by Gasteiger charge is -2.05. The van der Waals surface area contributed by atoms with Crippen molar-refractivity contribution in [1.82, 2.24) is 9.55 Å². The number of carbonyl (C=O) groups is 1. The zero-order valence-corrected chi connectivity index (χ0v) is 15.2. The van der Waals surface area contributed by atoms with Crippen molar-refractivity contribution in [1.29, 1.82) is 0 Å². The molecule has 0 saturated carbocycles. The summed E-state index contributed by atoms with van der Waals surface area (Å²) in [5, 5.41) is 4.13. The van der Waals surface area contributed by atoms with Gasteiger partial charge in [-0.15, -0.1) is 11.3 Å². The number of hydrogen-bond donors (Lipinski definition) is 0. The second-order valence-corrected chi connectivity index (χ2v) is 6.54. The number of fused-ring (bicyclic) bond motifs is 2. The van der Waals surface area contributed by atoms with Crippen LogP contribution < -0.4 is 0 Å². The van der Waals surface area contributed by atoms with Crippen molar-refractivity contribution in [3.05, 3.63) is 64.8 Å². The first-order valence-electron chi connectivity index (χ1n) is 8.08. The average molecular weight is 364 g/mol. The number of aryl methyl sites for hydroxylation is 1. The van der Waals surface area contributed by atoms with E-state index in [4.69, 9.17) is 9.59 Å². The van der Waals surface area contributed by atoms with E-state index in [2.05, 4.69) is 16.5 Å². The topological polar surface area (TPSA) is 69.0 Å². The fourth-order valence-corrected chi connectivity index (χ4v) is 4.19. The molecule has 5 nitrogen and oxygen atoms in total. The van der Waals surface area contributed by atoms with Gasteiger partial charge in [-0.3, -0.25) is 4.79 Å². The van der Waals surface area contributed by atoms with Crippen molar-refractivity contribution in [2.24, 2.45) is 0 Å². The molecule has 0 unspecified atom stereocenters. The number of ketones is 1. The van der Waals surface area contributed by atoms with Crippen LogP contribution in [0.3, 0.4) is 0 Å². The fourth-order valence-electron chi connectivity index (χ4n) is 3.17. The Morgan fingerprint density at radius 2 is 1.88 bits per heavy atom. The van der Waals surface area contributed by atoms with Gasteiger partial charge in [0.25, 0.3) is 0 Å². The Morgan fingerprint density at radius 3 is 2.62 bits per heavy atom. The van der Waals surface area contributed by atoms with Crippen LogP contribution in [0.4, 0.5) is 0 Å². The average Bonchev–Trinajstić information content (AvgIpc) is 3.21. The minimum Gasteiger partial charge on any atom is -0.336 e. The van der Waals surface area contributed by atoms with E-state index in [0.29, 0.717) is 5.69 Å². The number of hydrogen-bond acceptors (Lipinski definition) is 5. The molecular weight excluding hydrogens is 348 g/mol. The standard InChI is InChI=1S/C19H16N2OS.CO2/c1-3-21-12(2)17(14-10-11-23-19(14)21)18(22)16-9-8-13-6-4-5-7-15(13)20-16;2-1-3/h4-11H,3H2,1-2H3;. The SMILES string of the molecule is CCn1c(C)c(C(=O)c2ccc3ccccc3n2)c2ccsc21.O=C=O. The van der Waals surface area contributed by atoms with Crippen molar-refractivity contribution in [2.75, 3.05) is 0 Å². The summed E-state index contributed by atoms with van der Waals surface area (Å²) in [6, 6.07) is 13.7. The highest BCUT2D eigenvalue weighted by molar-refractivity contribution is 7.16. The molecule has 0 aliphatic rings. The number of aromatic nitrogens is 2. The second-order valence-electron chi connectivity index (χ2n) is 5.65. The Balaban J connectivity index is 0.000000613. The minimum atomic E-state index is 0.00357. The molecule has 3 aromatic heterocycles. The summed E-state index contributed by atoms with van der Waals surface area (Å²) in [6.45, 7) is 4.99. The molecule has 0 amide bonds. The number of para-hydroxylation sites is 1. The van der Waals surface area contributed by atoms with Crippen molar-refractivity contribution >= 4 is 44.4 Å². The maximum absolute atomic E-state index is 13.1. The highest BCUT2D eigenvalue weighted by Crippen LogP contribution is 2.31. The summed E-state index contributed by atoms with van der Waals surface area (Å²) in [6.07, 6.45) is 0.250. The van der Waals surface area contributed by atoms with Gasteiger partial charge in [-0.1, -0.05) is 24.3 Å². The van der Waals surface area contributed by atoms with Crippen molar-refractivity contribution in [3.63, 3.8) is 0 Å². The number of carbonyl (C=O) groups excluding carboxylic acids is 3. The number of nitrogens with zero attached hydrogens (tertiary/aromatic N) is 2. The Kier molecular flexibility index (Phi) is 5.07. The zero-order chi connectivity index (χ0) is 18.7. The fraction of sp³-hybridized carbons (Fsp3) is 0.150. The molecule has 0 spiro atoms. The van der Waals surface area contributed by atoms with E-state index in [1.165, 1.54) is 0 Å². The summed E-state index contributed by atoms with van der Waals surface area (Å²) < 4.78 is 2.20. The van der Waals surface area contributed by atoms with E-state index in [1.807, 2.05) is 54.8 Å². The van der Waals surface area contributed by atoms with Crippen LogP contribution in [-0.2, 0) is 16.1 Å². The summed E-state index contributed by atoms with van der Waals surface area (Å²) in [4.78, 5) is 35.1. The normalized spacial score (nSPS) is 10.4. The largest absolute Gasteiger partial charge is 0.373 e. The van der Waals surface area contributed by atoms with Crippen LogP contribution in [0, 0.1) is 6.92 Å². The van der Waals surface area contributed by atoms with Gasteiger partial charge in [0.05, 0.1) is 11.1 Å². The van der Waals surface area contributed by atoms with Gasteiger partial charge >= 0.3 is 6.15 Å². The third-order valence-corrected chi connectivity index (χ3v) is 5.24. The molecule has 0 radical (unpaired) electrons. The van der Waals surface area contributed by atoms with Crippen LogP contribution in [0.15, 0.2) is 47.8 Å². The van der Waals surface area contributed by atoms with Crippen molar-refractivity contribution in [3.8, 4) is 0 Å². The van der Waals surface area contributed by atoms with Gasteiger partial charge < -0.3 is 4.57 Å². The minimum absolute atomic E-state index is 0.00357. The molecule has 0 atom stereocenters. The summed E-state index contributed by atoms with van der Waals surface area (Å²) in [7, 11) is 0. The molecule has 130 valence electrons. The Hall–Kier alpha value is -3.08. The maximum atomic E-state index is 13.1. The van der Waals surface area contributed by atoms with Crippen LogP contribution >= 0.6 is 11.3 Å². The maximum Gasteiger partial charge on any atom is 0.373 e. The van der Waals surface area contributed by atoms with E-state index in [0.717, 1.165) is 38.9 Å². The molecule has 0 bridgehead atoms. The lowest BCUT2D eigenvalue weighted by atomic mass is 10.0. The number of pyridine rings is 1. The Labute approximate surface area is 153 Å². The summed E-state index contributed by atoms with van der Waals surface area (Å²) in [5.74, 6) is 0.00357. The van der Waals surface area contributed by atoms with Crippen LogP contribution in [0.5, 0.6) is 0 Å². The van der Waals surface area contributed by atoms with Crippen LogP contribution in [0.1, 0.15) is 28.7 Å². The smallest absolute Gasteiger partial charge is 0.336 e. The monoisotopic (exact) mass is 364 g/mol. The van der Waals surface area contributed by atoms with Crippen LogP contribution in [-0.4, -0.2) is 21.5 Å². The van der Waals surface area contributed by atoms with Gasteiger partial charge in [-0.2, -0.15) is 9.59 Å². The molecule has 0 aliphatic heterocycles. The predicted octanol–water partition coefficient (Wildman–Crippen LogP) is 4.23. The first-order chi connectivity index (χ1) is 12.6. The van der Waals surface area contributed by atoms with E-state index >= 15 is 0 Å². The number of benzene rings is 1. The van der Waals surface area contributed by atoms with Crippen LogP contribution in [0.2, 0.25) is 0 Å². The van der Waals surface area contributed by atoms with E-state index in [1.54, 1.807) is 11.3 Å². The molecule has 6 heteroatoms. The molecule has 4 rings (SSSR count). The summed E-state index contributed by atoms with van der Waals surface area (Å²) in [5.41, 5.74) is 3.17. The molecule has 4 aromatic rings. The van der Waals surface area contributed by atoms with Gasteiger partial charge in [-0.05, 0) is 37.4 Å². The molecule has 26 heavy (non-hydrogen) atoms. The Morgan fingerprint density at radius 1 is 1.15 bits per heavy atom. The quantitative estimate of drug-likeness (QED) is 0.510. The first kappa shape index (κ1) is 17.7. The van der Waals surface area contributed by atoms with Gasteiger partial charge in [0, 0.05) is 23.0 Å². The summed E-state index contributed by atoms with van der Waals surface area (Å²) >= 11 is 1.68.